The molecule has 6 heteroatoms. The second-order valence-corrected chi connectivity index (χ2v) is 5.16. The molecule has 0 radical (unpaired) electrons. The molecule has 0 aliphatic heterocycles. The molecule has 0 aliphatic carbocycles. The molecule has 0 spiro atoms. The van der Waals surface area contributed by atoms with Crippen LogP contribution in [0.1, 0.15) is 40.5 Å². The van der Waals surface area contributed by atoms with Crippen LogP contribution in [0.4, 0.5) is 4.79 Å². The summed E-state index contributed by atoms with van der Waals surface area (Å²) in [5.41, 5.74) is -0.577. The molecule has 0 aromatic carbocycles. The van der Waals surface area contributed by atoms with E-state index < -0.39 is 23.6 Å². The van der Waals surface area contributed by atoms with Crippen LogP contribution >= 0.6 is 0 Å². The average Bonchev–Trinajstić information content (AvgIpc) is 2.14. The van der Waals surface area contributed by atoms with E-state index in [1.165, 1.54) is 6.92 Å². The van der Waals surface area contributed by atoms with Crippen molar-refractivity contribution >= 4 is 17.8 Å². The van der Waals surface area contributed by atoms with Gasteiger partial charge in [0.25, 0.3) is 0 Å². The van der Waals surface area contributed by atoms with Crippen molar-refractivity contribution in [3.05, 3.63) is 0 Å². The van der Waals surface area contributed by atoms with E-state index in [-0.39, 0.29) is 25.2 Å². The van der Waals surface area contributed by atoms with Crippen LogP contribution in [0.15, 0.2) is 0 Å². The van der Waals surface area contributed by atoms with Gasteiger partial charge in [-0.1, -0.05) is 6.92 Å². The number of Topliss-reactive ketones (excluding diaryl/α,β-unsaturated/α-hetero) is 1. The van der Waals surface area contributed by atoms with Gasteiger partial charge in [-0.2, -0.15) is 0 Å². The number of ether oxygens (including phenoxy) is 1. The summed E-state index contributed by atoms with van der Waals surface area (Å²) in [7, 11) is 0. The van der Waals surface area contributed by atoms with E-state index in [0.29, 0.717) is 0 Å². The van der Waals surface area contributed by atoms with E-state index in [1.807, 2.05) is 0 Å². The Balaban J connectivity index is 3.82. The van der Waals surface area contributed by atoms with Crippen molar-refractivity contribution in [3.8, 4) is 0 Å². The molecule has 0 fully saturated rings. The molecule has 0 bridgehead atoms. The zero-order valence-corrected chi connectivity index (χ0v) is 11.3. The fourth-order valence-corrected chi connectivity index (χ4v) is 1.15. The quantitative estimate of drug-likeness (QED) is 0.755. The third kappa shape index (κ3) is 8.55. The molecule has 6 nitrogen and oxygen atoms in total. The summed E-state index contributed by atoms with van der Waals surface area (Å²) in [4.78, 5) is 33.1. The maximum Gasteiger partial charge on any atom is 0.407 e. The van der Waals surface area contributed by atoms with Gasteiger partial charge in [0.15, 0.2) is 0 Å². The number of hydrogen-bond donors (Lipinski definition) is 2. The number of amides is 1. The van der Waals surface area contributed by atoms with E-state index in [0.717, 1.165) is 0 Å². The molecule has 0 aromatic rings. The molecule has 18 heavy (non-hydrogen) atoms. The van der Waals surface area contributed by atoms with Gasteiger partial charge in [0.2, 0.25) is 0 Å². The zero-order valence-electron chi connectivity index (χ0n) is 11.3. The summed E-state index contributed by atoms with van der Waals surface area (Å²) in [6.45, 7) is 6.85. The predicted molar refractivity (Wildman–Crippen MR) is 65.3 cm³/mol. The highest BCUT2D eigenvalue weighted by Crippen LogP contribution is 2.07. The first kappa shape index (κ1) is 16.4. The molecule has 0 heterocycles. The topological polar surface area (TPSA) is 92.7 Å². The fourth-order valence-electron chi connectivity index (χ4n) is 1.15. The monoisotopic (exact) mass is 259 g/mol. The molecule has 0 saturated heterocycles. The third-order valence-corrected chi connectivity index (χ3v) is 2.03. The van der Waals surface area contributed by atoms with Crippen LogP contribution in [0.25, 0.3) is 0 Å². The minimum atomic E-state index is -0.997. The Bertz CT molecular complexity index is 319. The van der Waals surface area contributed by atoms with E-state index in [4.69, 9.17) is 9.84 Å². The molecule has 0 rings (SSSR count). The van der Waals surface area contributed by atoms with Crippen molar-refractivity contribution in [1.29, 1.82) is 0 Å². The number of nitrogens with one attached hydrogen (secondary N) is 1. The smallest absolute Gasteiger partial charge is 0.407 e. The Morgan fingerprint density at radius 3 is 2.28 bits per heavy atom. The van der Waals surface area contributed by atoms with E-state index in [2.05, 4.69) is 5.32 Å². The molecule has 1 atom stereocenters. The van der Waals surface area contributed by atoms with Gasteiger partial charge in [0, 0.05) is 19.4 Å². The lowest BCUT2D eigenvalue weighted by Crippen LogP contribution is -2.33. The van der Waals surface area contributed by atoms with E-state index in [1.54, 1.807) is 20.8 Å². The summed E-state index contributed by atoms with van der Waals surface area (Å²) < 4.78 is 4.98. The molecular weight excluding hydrogens is 238 g/mol. The Hall–Kier alpha value is -1.59. The Labute approximate surface area is 107 Å². The van der Waals surface area contributed by atoms with Crippen LogP contribution in [-0.2, 0) is 14.3 Å². The Morgan fingerprint density at radius 1 is 1.28 bits per heavy atom. The van der Waals surface area contributed by atoms with Gasteiger partial charge in [-0.25, -0.2) is 4.79 Å². The van der Waals surface area contributed by atoms with Gasteiger partial charge in [-0.3, -0.25) is 9.59 Å². The number of ketones is 1. The molecule has 0 aliphatic rings. The van der Waals surface area contributed by atoms with Crippen LogP contribution in [0.5, 0.6) is 0 Å². The van der Waals surface area contributed by atoms with E-state index >= 15 is 0 Å². The number of alkyl carbamates (subject to hydrolysis) is 1. The summed E-state index contributed by atoms with van der Waals surface area (Å²) >= 11 is 0. The molecule has 1 amide bonds. The summed E-state index contributed by atoms with van der Waals surface area (Å²) in [6.07, 6.45) is -0.496. The summed E-state index contributed by atoms with van der Waals surface area (Å²) in [5, 5.41) is 11.1. The van der Waals surface area contributed by atoms with Gasteiger partial charge < -0.3 is 15.2 Å². The summed E-state index contributed by atoms with van der Waals surface area (Å²) in [6, 6.07) is 0. The van der Waals surface area contributed by atoms with Crippen molar-refractivity contribution in [3.63, 3.8) is 0 Å². The van der Waals surface area contributed by atoms with Crippen LogP contribution in [-0.4, -0.2) is 35.1 Å². The predicted octanol–water partition coefficient (Wildman–Crippen LogP) is 1.58. The Kier molecular flexibility index (Phi) is 6.36. The number of rotatable bonds is 6. The number of carboxylic acids is 1. The normalized spacial score (nSPS) is 12.7. The fraction of sp³-hybridized carbons (Fsp3) is 0.750. The number of hydrogen-bond acceptors (Lipinski definition) is 4. The van der Waals surface area contributed by atoms with Gasteiger partial charge in [-0.15, -0.1) is 0 Å². The molecular formula is C12H21NO5. The minimum Gasteiger partial charge on any atom is -0.481 e. The van der Waals surface area contributed by atoms with Crippen LogP contribution < -0.4 is 5.32 Å². The number of carbonyl (C=O) groups excluding carboxylic acids is 2. The maximum atomic E-state index is 11.4. The van der Waals surface area contributed by atoms with Crippen molar-refractivity contribution in [2.75, 3.05) is 6.54 Å². The Morgan fingerprint density at radius 2 is 1.83 bits per heavy atom. The van der Waals surface area contributed by atoms with Gasteiger partial charge in [0.1, 0.15) is 11.4 Å². The maximum absolute atomic E-state index is 11.4. The molecule has 0 aromatic heterocycles. The molecule has 1 unspecified atom stereocenters. The first-order chi connectivity index (χ1) is 8.11. The van der Waals surface area contributed by atoms with E-state index in [9.17, 15) is 14.4 Å². The second kappa shape index (κ2) is 6.98. The molecule has 104 valence electrons. The van der Waals surface area contributed by atoms with Gasteiger partial charge in [-0.05, 0) is 20.8 Å². The SMILES string of the molecule is CC(CC(=O)CCNC(=O)OC(C)(C)C)C(=O)O. The highest BCUT2D eigenvalue weighted by molar-refractivity contribution is 5.84. The highest BCUT2D eigenvalue weighted by Gasteiger charge is 2.17. The second-order valence-electron chi connectivity index (χ2n) is 5.16. The highest BCUT2D eigenvalue weighted by atomic mass is 16.6. The average molecular weight is 259 g/mol. The van der Waals surface area contributed by atoms with Crippen molar-refractivity contribution in [2.45, 2.75) is 46.1 Å². The van der Waals surface area contributed by atoms with Crippen LogP contribution in [0.3, 0.4) is 0 Å². The number of carboxylic acid groups (broad SMARTS) is 1. The van der Waals surface area contributed by atoms with Gasteiger partial charge in [0.05, 0.1) is 5.92 Å². The van der Waals surface area contributed by atoms with Crippen molar-refractivity contribution < 1.29 is 24.2 Å². The third-order valence-electron chi connectivity index (χ3n) is 2.03. The number of aliphatic carboxylic acids is 1. The zero-order chi connectivity index (χ0) is 14.3. The number of carbonyl (C=O) groups is 3. The largest absolute Gasteiger partial charge is 0.481 e. The lowest BCUT2D eigenvalue weighted by atomic mass is 10.0. The van der Waals surface area contributed by atoms with Crippen LogP contribution in [0.2, 0.25) is 0 Å². The first-order valence-corrected chi connectivity index (χ1v) is 5.83. The lowest BCUT2D eigenvalue weighted by molar-refractivity contribution is -0.143. The summed E-state index contributed by atoms with van der Waals surface area (Å²) in [5.74, 6) is -1.89. The van der Waals surface area contributed by atoms with Crippen LogP contribution in [0, 0.1) is 5.92 Å². The lowest BCUT2D eigenvalue weighted by Gasteiger charge is -2.19. The minimum absolute atomic E-state index is 0.0225. The molecule has 2 N–H and O–H groups in total. The standard InChI is InChI=1S/C12H21NO5/c1-8(10(15)16)7-9(14)5-6-13-11(17)18-12(2,3)4/h8H,5-7H2,1-4H3,(H,13,17)(H,15,16). The van der Waals surface area contributed by atoms with Gasteiger partial charge >= 0.3 is 12.1 Å². The molecule has 0 saturated carbocycles. The van der Waals surface area contributed by atoms with Crippen molar-refractivity contribution in [1.82, 2.24) is 5.32 Å². The first-order valence-electron chi connectivity index (χ1n) is 5.83. The van der Waals surface area contributed by atoms with Crippen molar-refractivity contribution in [2.24, 2.45) is 5.92 Å².